The lowest BCUT2D eigenvalue weighted by Crippen LogP contribution is -2.48. The van der Waals surface area contributed by atoms with Gasteiger partial charge in [0.15, 0.2) is 5.13 Å². The first kappa shape index (κ1) is 24.2. The molecule has 34 heavy (non-hydrogen) atoms. The third-order valence-electron chi connectivity index (χ3n) is 6.26. The predicted octanol–water partition coefficient (Wildman–Crippen LogP) is 1.92. The summed E-state index contributed by atoms with van der Waals surface area (Å²) >= 11 is 1.32. The number of carbonyl (C=O) groups excluding carboxylic acids is 3. The predicted molar refractivity (Wildman–Crippen MR) is 130 cm³/mol. The third-order valence-corrected chi connectivity index (χ3v) is 7.48. The molecular weight excluding hydrogens is 454 g/mol. The number of nitrogens with zero attached hydrogens (tertiary/aromatic N) is 3. The second kappa shape index (κ2) is 11.4. The molecule has 1 aromatic heterocycles. The van der Waals surface area contributed by atoms with E-state index in [9.17, 15) is 14.4 Å². The van der Waals surface area contributed by atoms with E-state index in [-0.39, 0.29) is 23.6 Å². The van der Waals surface area contributed by atoms with Crippen molar-refractivity contribution in [2.75, 3.05) is 44.3 Å². The molecule has 0 aliphatic carbocycles. The smallest absolute Gasteiger partial charge is 0.281 e. The zero-order valence-electron chi connectivity index (χ0n) is 19.4. The number of amides is 3. The molecule has 2 fully saturated rings. The number of morpholine rings is 1. The van der Waals surface area contributed by atoms with Gasteiger partial charge in [0, 0.05) is 38.5 Å². The molecule has 2 aliphatic heterocycles. The van der Waals surface area contributed by atoms with Gasteiger partial charge in [0.2, 0.25) is 11.8 Å². The Morgan fingerprint density at radius 1 is 1.06 bits per heavy atom. The zero-order chi connectivity index (χ0) is 23.9. The van der Waals surface area contributed by atoms with Gasteiger partial charge in [-0.1, -0.05) is 41.7 Å². The first-order valence-electron chi connectivity index (χ1n) is 11.7. The van der Waals surface area contributed by atoms with Crippen LogP contribution in [0.4, 0.5) is 5.13 Å². The molecule has 0 unspecified atom stereocenters. The Labute approximate surface area is 203 Å². The number of anilines is 1. The normalized spacial score (nSPS) is 16.9. The highest BCUT2D eigenvalue weighted by Gasteiger charge is 2.28. The number of aryl methyl sites for hydroxylation is 2. The standard InChI is InChI=1S/C24H31N5O4S/c1-17-21(34-24(25-17)29-13-15-33-16-14-29)23(32)27-26-22(31)19-9-11-28(12-10-19)20(30)8-7-18-5-3-2-4-6-18/h2-6,19H,7-16H2,1H3,(H,26,31)(H,27,32). The van der Waals surface area contributed by atoms with Crippen LogP contribution in [-0.4, -0.2) is 67.0 Å². The number of piperidine rings is 1. The van der Waals surface area contributed by atoms with Crippen LogP contribution in [0.15, 0.2) is 30.3 Å². The number of nitrogens with one attached hydrogen (secondary N) is 2. The van der Waals surface area contributed by atoms with Gasteiger partial charge in [-0.3, -0.25) is 25.2 Å². The summed E-state index contributed by atoms with van der Waals surface area (Å²) in [5.74, 6) is -0.700. The van der Waals surface area contributed by atoms with Crippen LogP contribution in [0, 0.1) is 12.8 Å². The van der Waals surface area contributed by atoms with E-state index >= 15 is 0 Å². The average molecular weight is 486 g/mol. The summed E-state index contributed by atoms with van der Waals surface area (Å²) in [5, 5.41) is 0.793. The summed E-state index contributed by atoms with van der Waals surface area (Å²) in [4.78, 5) is 46.7. The number of carbonyl (C=O) groups is 3. The van der Waals surface area contributed by atoms with Crippen molar-refractivity contribution in [3.05, 3.63) is 46.5 Å². The summed E-state index contributed by atoms with van der Waals surface area (Å²) in [6, 6.07) is 9.96. The average Bonchev–Trinajstić information content (AvgIpc) is 3.28. The Hall–Kier alpha value is -2.98. The van der Waals surface area contributed by atoms with Crippen molar-refractivity contribution in [3.8, 4) is 0 Å². The number of hydrogen-bond donors (Lipinski definition) is 2. The number of thiazole rings is 1. The first-order chi connectivity index (χ1) is 16.5. The summed E-state index contributed by atoms with van der Waals surface area (Å²) in [6.07, 6.45) is 2.35. The highest BCUT2D eigenvalue weighted by Crippen LogP contribution is 2.26. The fraction of sp³-hybridized carbons (Fsp3) is 0.500. The number of likely N-dealkylation sites (tertiary alicyclic amines) is 1. The number of benzene rings is 1. The van der Waals surface area contributed by atoms with Crippen LogP contribution in [0.25, 0.3) is 0 Å². The maximum atomic E-state index is 12.6. The SMILES string of the molecule is Cc1nc(N2CCOCC2)sc1C(=O)NNC(=O)C1CCN(C(=O)CCc2ccccc2)CC1. The minimum atomic E-state index is -0.364. The molecule has 182 valence electrons. The van der Waals surface area contributed by atoms with E-state index in [1.165, 1.54) is 11.3 Å². The molecule has 4 rings (SSSR count). The molecule has 3 heterocycles. The van der Waals surface area contributed by atoms with E-state index < -0.39 is 0 Å². The minimum Gasteiger partial charge on any atom is -0.378 e. The lowest BCUT2D eigenvalue weighted by Gasteiger charge is -2.31. The van der Waals surface area contributed by atoms with Crippen LogP contribution in [0.3, 0.4) is 0 Å². The van der Waals surface area contributed by atoms with Crippen molar-refractivity contribution < 1.29 is 19.1 Å². The van der Waals surface area contributed by atoms with Crippen LogP contribution >= 0.6 is 11.3 Å². The van der Waals surface area contributed by atoms with Crippen LogP contribution in [0.5, 0.6) is 0 Å². The molecule has 2 N–H and O–H groups in total. The summed E-state index contributed by atoms with van der Waals surface area (Å²) < 4.78 is 5.37. The van der Waals surface area contributed by atoms with Crippen LogP contribution < -0.4 is 15.8 Å². The monoisotopic (exact) mass is 485 g/mol. The van der Waals surface area contributed by atoms with Crippen LogP contribution in [0.2, 0.25) is 0 Å². The number of hydrazine groups is 1. The molecule has 9 nitrogen and oxygen atoms in total. The third kappa shape index (κ3) is 6.12. The Balaban J connectivity index is 1.20. The van der Waals surface area contributed by atoms with E-state index in [1.54, 1.807) is 6.92 Å². The first-order valence-corrected chi connectivity index (χ1v) is 12.5. The molecule has 0 atom stereocenters. The van der Waals surface area contributed by atoms with Crippen molar-refractivity contribution in [2.24, 2.45) is 5.92 Å². The maximum absolute atomic E-state index is 12.6. The molecule has 2 aliphatic rings. The van der Waals surface area contributed by atoms with E-state index in [1.807, 2.05) is 35.2 Å². The quantitative estimate of drug-likeness (QED) is 0.606. The largest absolute Gasteiger partial charge is 0.378 e. The number of hydrogen-bond acceptors (Lipinski definition) is 7. The van der Waals surface area contributed by atoms with Crippen molar-refractivity contribution in [2.45, 2.75) is 32.6 Å². The van der Waals surface area contributed by atoms with Gasteiger partial charge >= 0.3 is 0 Å². The van der Waals surface area contributed by atoms with Crippen molar-refractivity contribution >= 4 is 34.2 Å². The highest BCUT2D eigenvalue weighted by atomic mass is 32.1. The van der Waals surface area contributed by atoms with E-state index in [4.69, 9.17) is 4.74 Å². The lowest BCUT2D eigenvalue weighted by atomic mass is 9.95. The highest BCUT2D eigenvalue weighted by molar-refractivity contribution is 7.17. The van der Waals surface area contributed by atoms with Gasteiger partial charge in [-0.15, -0.1) is 0 Å². The van der Waals surface area contributed by atoms with Gasteiger partial charge in [0.1, 0.15) is 4.88 Å². The molecule has 2 aromatic rings. The number of ether oxygens (including phenoxy) is 1. The Kier molecular flexibility index (Phi) is 8.12. The van der Waals surface area contributed by atoms with Crippen LogP contribution in [0.1, 0.15) is 40.2 Å². The van der Waals surface area contributed by atoms with Gasteiger partial charge in [-0.05, 0) is 31.7 Å². The Morgan fingerprint density at radius 2 is 1.76 bits per heavy atom. The van der Waals surface area contributed by atoms with E-state index in [0.717, 1.165) is 30.2 Å². The number of rotatable bonds is 6. The fourth-order valence-corrected chi connectivity index (χ4v) is 5.22. The zero-order valence-corrected chi connectivity index (χ0v) is 20.2. The summed E-state index contributed by atoms with van der Waals surface area (Å²) in [7, 11) is 0. The van der Waals surface area contributed by atoms with Crippen LogP contribution in [-0.2, 0) is 20.7 Å². The minimum absolute atomic E-state index is 0.118. The molecule has 1 aromatic carbocycles. The molecule has 0 radical (unpaired) electrons. The van der Waals surface area contributed by atoms with Crippen molar-refractivity contribution in [3.63, 3.8) is 0 Å². The summed E-state index contributed by atoms with van der Waals surface area (Å²) in [6.45, 7) is 5.69. The Morgan fingerprint density at radius 3 is 2.47 bits per heavy atom. The molecule has 3 amide bonds. The van der Waals surface area contributed by atoms with Gasteiger partial charge in [-0.2, -0.15) is 0 Å². The fourth-order valence-electron chi connectivity index (χ4n) is 4.21. The number of aromatic nitrogens is 1. The Bertz CT molecular complexity index is 998. The van der Waals surface area contributed by atoms with Gasteiger partial charge < -0.3 is 14.5 Å². The second-order valence-corrected chi connectivity index (χ2v) is 9.57. The maximum Gasteiger partial charge on any atom is 0.281 e. The molecule has 0 saturated carbocycles. The van der Waals surface area contributed by atoms with Crippen molar-refractivity contribution in [1.29, 1.82) is 0 Å². The molecule has 0 bridgehead atoms. The molecule has 0 spiro atoms. The lowest BCUT2D eigenvalue weighted by molar-refractivity contribution is -0.135. The second-order valence-electron chi connectivity index (χ2n) is 8.59. The van der Waals surface area contributed by atoms with Crippen molar-refractivity contribution in [1.82, 2.24) is 20.7 Å². The molecule has 2 saturated heterocycles. The summed E-state index contributed by atoms with van der Waals surface area (Å²) in [5.41, 5.74) is 6.88. The van der Waals surface area contributed by atoms with Gasteiger partial charge in [0.25, 0.3) is 5.91 Å². The molecule has 10 heteroatoms. The topological polar surface area (TPSA) is 104 Å². The molecular formula is C24H31N5O4S. The van der Waals surface area contributed by atoms with E-state index in [2.05, 4.69) is 20.7 Å². The van der Waals surface area contributed by atoms with Gasteiger partial charge in [-0.25, -0.2) is 4.98 Å². The van der Waals surface area contributed by atoms with E-state index in [0.29, 0.717) is 56.1 Å². The van der Waals surface area contributed by atoms with Gasteiger partial charge in [0.05, 0.1) is 18.9 Å².